The van der Waals surface area contributed by atoms with Crippen molar-refractivity contribution >= 4 is 10.9 Å². The van der Waals surface area contributed by atoms with Gasteiger partial charge in [-0.25, -0.2) is 4.98 Å². The van der Waals surface area contributed by atoms with Crippen molar-refractivity contribution < 1.29 is 0 Å². The number of likely N-dealkylation sites (tertiary alicyclic amines) is 1. The molecule has 0 atom stereocenters. The molecule has 6 nitrogen and oxygen atoms in total. The lowest BCUT2D eigenvalue weighted by molar-refractivity contribution is 0.216. The SMILES string of the molecule is CN1CCC(CNCc2nccc3c(=O)[nH]c(C4CCCC4)nc23)CC1. The first-order valence-electron chi connectivity index (χ1n) is 9.98. The van der Waals surface area contributed by atoms with E-state index in [4.69, 9.17) is 4.98 Å². The number of pyridine rings is 1. The maximum atomic E-state index is 12.5. The van der Waals surface area contributed by atoms with Gasteiger partial charge >= 0.3 is 0 Å². The number of H-pyrrole nitrogens is 1. The summed E-state index contributed by atoms with van der Waals surface area (Å²) in [5.41, 5.74) is 1.63. The fraction of sp³-hybridized carbons (Fsp3) is 0.650. The number of hydrogen-bond donors (Lipinski definition) is 2. The second-order valence-corrected chi connectivity index (χ2v) is 7.96. The van der Waals surface area contributed by atoms with Gasteiger partial charge in [-0.15, -0.1) is 0 Å². The monoisotopic (exact) mass is 355 g/mol. The molecule has 4 rings (SSSR count). The zero-order chi connectivity index (χ0) is 17.9. The van der Waals surface area contributed by atoms with E-state index >= 15 is 0 Å². The largest absolute Gasteiger partial charge is 0.311 e. The van der Waals surface area contributed by atoms with Crippen molar-refractivity contribution in [1.82, 2.24) is 25.2 Å². The molecule has 2 aromatic heterocycles. The Balaban J connectivity index is 1.50. The maximum absolute atomic E-state index is 12.5. The van der Waals surface area contributed by atoms with Crippen LogP contribution < -0.4 is 10.9 Å². The third-order valence-corrected chi connectivity index (χ3v) is 6.02. The quantitative estimate of drug-likeness (QED) is 0.862. The molecule has 6 heteroatoms. The minimum absolute atomic E-state index is 0.0316. The Bertz CT molecular complexity index is 803. The van der Waals surface area contributed by atoms with Crippen LogP contribution in [0.15, 0.2) is 17.1 Å². The average molecular weight is 355 g/mol. The molecule has 2 N–H and O–H groups in total. The number of aromatic nitrogens is 3. The number of nitrogens with zero attached hydrogens (tertiary/aromatic N) is 3. The highest BCUT2D eigenvalue weighted by atomic mass is 16.1. The van der Waals surface area contributed by atoms with Crippen molar-refractivity contribution in [1.29, 1.82) is 0 Å². The molecule has 140 valence electrons. The van der Waals surface area contributed by atoms with E-state index in [1.54, 1.807) is 12.3 Å². The van der Waals surface area contributed by atoms with Crippen LogP contribution in [0.4, 0.5) is 0 Å². The second kappa shape index (κ2) is 7.84. The fourth-order valence-electron chi connectivity index (χ4n) is 4.32. The predicted octanol–water partition coefficient (Wildman–Crippen LogP) is 2.41. The van der Waals surface area contributed by atoms with E-state index in [-0.39, 0.29) is 5.56 Å². The van der Waals surface area contributed by atoms with Crippen LogP contribution in [0.1, 0.15) is 56.0 Å². The molecule has 0 unspecified atom stereocenters. The van der Waals surface area contributed by atoms with Crippen molar-refractivity contribution in [2.24, 2.45) is 5.92 Å². The highest BCUT2D eigenvalue weighted by molar-refractivity contribution is 5.79. The molecule has 0 bridgehead atoms. The Kier molecular flexibility index (Phi) is 5.31. The van der Waals surface area contributed by atoms with Gasteiger partial charge in [0, 0.05) is 18.7 Å². The highest BCUT2D eigenvalue weighted by Gasteiger charge is 2.21. The molecule has 3 heterocycles. The number of rotatable bonds is 5. The first kappa shape index (κ1) is 17.6. The molecule has 2 aliphatic rings. The van der Waals surface area contributed by atoms with Gasteiger partial charge in [-0.2, -0.15) is 0 Å². The summed E-state index contributed by atoms with van der Waals surface area (Å²) in [7, 11) is 2.19. The van der Waals surface area contributed by atoms with Crippen LogP contribution in [0, 0.1) is 5.92 Å². The Labute approximate surface area is 154 Å². The van der Waals surface area contributed by atoms with E-state index in [9.17, 15) is 4.79 Å². The van der Waals surface area contributed by atoms with Crippen LogP contribution in [-0.2, 0) is 6.54 Å². The van der Waals surface area contributed by atoms with Gasteiger partial charge in [-0.3, -0.25) is 9.78 Å². The van der Waals surface area contributed by atoms with Gasteiger partial charge in [-0.1, -0.05) is 12.8 Å². The fourth-order valence-corrected chi connectivity index (χ4v) is 4.32. The summed E-state index contributed by atoms with van der Waals surface area (Å²) in [4.78, 5) is 27.3. The summed E-state index contributed by atoms with van der Waals surface area (Å²) in [6.45, 7) is 4.04. The van der Waals surface area contributed by atoms with Crippen LogP contribution in [0.2, 0.25) is 0 Å². The molecule has 1 saturated heterocycles. The van der Waals surface area contributed by atoms with Crippen molar-refractivity contribution in [3.63, 3.8) is 0 Å². The zero-order valence-corrected chi connectivity index (χ0v) is 15.6. The third-order valence-electron chi connectivity index (χ3n) is 6.02. The molecule has 0 amide bonds. The highest BCUT2D eigenvalue weighted by Crippen LogP contribution is 2.32. The van der Waals surface area contributed by atoms with Crippen molar-refractivity contribution in [3.8, 4) is 0 Å². The molecule has 2 fully saturated rings. The lowest BCUT2D eigenvalue weighted by Crippen LogP contribution is -2.34. The van der Waals surface area contributed by atoms with Crippen molar-refractivity contribution in [2.75, 3.05) is 26.7 Å². The third kappa shape index (κ3) is 3.81. The molecule has 1 aliphatic heterocycles. The lowest BCUT2D eigenvalue weighted by Gasteiger charge is -2.29. The zero-order valence-electron chi connectivity index (χ0n) is 15.6. The molecule has 0 radical (unpaired) electrons. The van der Waals surface area contributed by atoms with Crippen molar-refractivity contribution in [3.05, 3.63) is 34.1 Å². The van der Waals surface area contributed by atoms with Crippen LogP contribution in [-0.4, -0.2) is 46.5 Å². The minimum atomic E-state index is -0.0316. The molecule has 1 aliphatic carbocycles. The summed E-state index contributed by atoms with van der Waals surface area (Å²) in [6, 6.07) is 1.78. The van der Waals surface area contributed by atoms with Gasteiger partial charge in [0.1, 0.15) is 11.3 Å². The summed E-state index contributed by atoms with van der Waals surface area (Å²) in [6.07, 6.45) is 8.92. The number of piperidine rings is 1. The number of aromatic amines is 1. The Morgan fingerprint density at radius 3 is 2.77 bits per heavy atom. The smallest absolute Gasteiger partial charge is 0.258 e. The Morgan fingerprint density at radius 1 is 1.23 bits per heavy atom. The predicted molar refractivity (Wildman–Crippen MR) is 103 cm³/mol. The number of hydrogen-bond acceptors (Lipinski definition) is 5. The molecule has 0 spiro atoms. The van der Waals surface area contributed by atoms with Gasteiger partial charge in [0.2, 0.25) is 0 Å². The number of fused-ring (bicyclic) bond motifs is 1. The van der Waals surface area contributed by atoms with Crippen LogP contribution >= 0.6 is 0 Å². The van der Waals surface area contributed by atoms with Gasteiger partial charge in [-0.05, 0) is 64.3 Å². The first-order valence-corrected chi connectivity index (χ1v) is 9.98. The summed E-state index contributed by atoms with van der Waals surface area (Å²) < 4.78 is 0. The van der Waals surface area contributed by atoms with E-state index in [0.717, 1.165) is 42.3 Å². The van der Waals surface area contributed by atoms with Crippen LogP contribution in [0.25, 0.3) is 10.9 Å². The van der Waals surface area contributed by atoms with Gasteiger partial charge in [0.15, 0.2) is 0 Å². The Morgan fingerprint density at radius 2 is 2.00 bits per heavy atom. The number of nitrogens with one attached hydrogen (secondary N) is 2. The normalized spacial score (nSPS) is 20.2. The van der Waals surface area contributed by atoms with E-state index in [2.05, 4.69) is 27.2 Å². The molecule has 0 aromatic carbocycles. The molecule has 26 heavy (non-hydrogen) atoms. The topological polar surface area (TPSA) is 73.9 Å². The van der Waals surface area contributed by atoms with E-state index in [1.807, 2.05) is 0 Å². The maximum Gasteiger partial charge on any atom is 0.258 e. The van der Waals surface area contributed by atoms with Gasteiger partial charge in [0.05, 0.1) is 11.1 Å². The van der Waals surface area contributed by atoms with Gasteiger partial charge in [0.25, 0.3) is 5.56 Å². The van der Waals surface area contributed by atoms with Gasteiger partial charge < -0.3 is 15.2 Å². The summed E-state index contributed by atoms with van der Waals surface area (Å²) in [5.74, 6) is 1.98. The summed E-state index contributed by atoms with van der Waals surface area (Å²) >= 11 is 0. The van der Waals surface area contributed by atoms with E-state index < -0.39 is 0 Å². The van der Waals surface area contributed by atoms with E-state index in [0.29, 0.717) is 17.8 Å². The molecular formula is C20H29N5O. The van der Waals surface area contributed by atoms with E-state index in [1.165, 1.54) is 38.8 Å². The molecule has 1 saturated carbocycles. The molecular weight excluding hydrogens is 326 g/mol. The second-order valence-electron chi connectivity index (χ2n) is 7.96. The van der Waals surface area contributed by atoms with Crippen LogP contribution in [0.3, 0.4) is 0 Å². The van der Waals surface area contributed by atoms with Crippen LogP contribution in [0.5, 0.6) is 0 Å². The average Bonchev–Trinajstić information content (AvgIpc) is 3.18. The lowest BCUT2D eigenvalue weighted by atomic mass is 9.97. The Hall–Kier alpha value is -1.79. The summed E-state index contributed by atoms with van der Waals surface area (Å²) in [5, 5.41) is 4.20. The standard InChI is InChI=1S/C20H29N5O/c1-25-10-7-14(8-11-25)12-21-13-17-18-16(6-9-22-17)20(26)24-19(23-18)15-4-2-3-5-15/h6,9,14-15,21H,2-5,7-8,10-13H2,1H3,(H,23,24,26). The molecule has 2 aromatic rings. The minimum Gasteiger partial charge on any atom is -0.311 e. The first-order chi connectivity index (χ1) is 12.7. The van der Waals surface area contributed by atoms with Crippen molar-refractivity contribution in [2.45, 2.75) is 51.0 Å².